The third kappa shape index (κ3) is 4.07. The molecule has 0 aromatic heterocycles. The van der Waals surface area contributed by atoms with Gasteiger partial charge in [0.25, 0.3) is 5.91 Å². The second kappa shape index (κ2) is 7.64. The predicted molar refractivity (Wildman–Crippen MR) is 92.9 cm³/mol. The quantitative estimate of drug-likeness (QED) is 0.839. The molecule has 2 aromatic rings. The minimum atomic E-state index is -1.15. The lowest BCUT2D eigenvalue weighted by Crippen LogP contribution is -2.30. The first kappa shape index (κ1) is 18.0. The van der Waals surface area contributed by atoms with Gasteiger partial charge in [0, 0.05) is 6.07 Å². The van der Waals surface area contributed by atoms with Crippen LogP contribution < -0.4 is 5.32 Å². The normalized spacial score (nSPS) is 14.3. The molecule has 0 heterocycles. The summed E-state index contributed by atoms with van der Waals surface area (Å²) in [5.41, 5.74) is 2.44. The Morgan fingerprint density at radius 2 is 1.77 bits per heavy atom. The number of esters is 1. The van der Waals surface area contributed by atoms with Gasteiger partial charge < -0.3 is 10.1 Å². The number of fused-ring (bicyclic) bond motifs is 1. The number of nitrogens with one attached hydrogen (secondary N) is 1. The molecular weight excluding hydrogens is 340 g/mol. The highest BCUT2D eigenvalue weighted by molar-refractivity contribution is 5.97. The van der Waals surface area contributed by atoms with Crippen LogP contribution in [0, 0.1) is 11.6 Å². The first-order valence-corrected chi connectivity index (χ1v) is 8.53. The number of ether oxygens (including phenoxy) is 1. The van der Waals surface area contributed by atoms with Crippen molar-refractivity contribution in [2.24, 2.45) is 0 Å². The van der Waals surface area contributed by atoms with E-state index in [1.54, 1.807) is 12.1 Å². The molecule has 0 unspecified atom stereocenters. The smallest absolute Gasteiger partial charge is 0.338 e. The molecule has 0 spiro atoms. The Morgan fingerprint density at radius 1 is 1.04 bits per heavy atom. The summed E-state index contributed by atoms with van der Waals surface area (Å²) in [6, 6.07) is 8.12. The van der Waals surface area contributed by atoms with Crippen LogP contribution in [0.1, 0.15) is 41.3 Å². The van der Waals surface area contributed by atoms with Crippen molar-refractivity contribution in [1.29, 1.82) is 0 Å². The molecule has 1 amide bonds. The van der Waals surface area contributed by atoms with Crippen LogP contribution in [0.2, 0.25) is 0 Å². The molecule has 4 nitrogen and oxygen atoms in total. The molecule has 0 saturated carbocycles. The third-order valence-corrected chi connectivity index (χ3v) is 4.42. The van der Waals surface area contributed by atoms with Gasteiger partial charge in [-0.25, -0.2) is 13.6 Å². The lowest BCUT2D eigenvalue weighted by atomic mass is 9.90. The van der Waals surface area contributed by atoms with Crippen molar-refractivity contribution in [2.45, 2.75) is 38.7 Å². The molecule has 2 aromatic carbocycles. The van der Waals surface area contributed by atoms with Gasteiger partial charge >= 0.3 is 5.97 Å². The zero-order chi connectivity index (χ0) is 18.7. The molecular formula is C20H19F2NO3. The standard InChI is InChI=1S/C20H19F2NO3/c1-12(19(24)23-18-11-16(21)8-9-17(18)22)26-20(25)15-7-6-13-4-2-3-5-14(13)10-15/h6-12H,2-5H2,1H3,(H,23,24)/t12-/m0/s1. The van der Waals surface area contributed by atoms with Crippen LogP contribution >= 0.6 is 0 Å². The highest BCUT2D eigenvalue weighted by Crippen LogP contribution is 2.23. The summed E-state index contributed by atoms with van der Waals surface area (Å²) in [6.45, 7) is 1.38. The maximum atomic E-state index is 13.6. The summed E-state index contributed by atoms with van der Waals surface area (Å²) in [5.74, 6) is -2.81. The Labute approximate surface area is 150 Å². The van der Waals surface area contributed by atoms with E-state index in [2.05, 4.69) is 5.32 Å². The zero-order valence-corrected chi connectivity index (χ0v) is 14.4. The highest BCUT2D eigenvalue weighted by Gasteiger charge is 2.21. The second-order valence-corrected chi connectivity index (χ2v) is 6.35. The minimum absolute atomic E-state index is 0.299. The van der Waals surface area contributed by atoms with Gasteiger partial charge in [0.1, 0.15) is 11.6 Å². The number of benzene rings is 2. The topological polar surface area (TPSA) is 55.4 Å². The van der Waals surface area contributed by atoms with Crippen LogP contribution in [-0.4, -0.2) is 18.0 Å². The molecule has 136 valence electrons. The van der Waals surface area contributed by atoms with E-state index in [0.717, 1.165) is 49.4 Å². The number of rotatable bonds is 4. The van der Waals surface area contributed by atoms with Gasteiger partial charge in [-0.3, -0.25) is 4.79 Å². The fraction of sp³-hybridized carbons (Fsp3) is 0.300. The summed E-state index contributed by atoms with van der Waals surface area (Å²) in [7, 11) is 0. The van der Waals surface area contributed by atoms with Crippen LogP contribution in [0.25, 0.3) is 0 Å². The summed E-state index contributed by atoms with van der Waals surface area (Å²) >= 11 is 0. The van der Waals surface area contributed by atoms with E-state index >= 15 is 0 Å². The highest BCUT2D eigenvalue weighted by atomic mass is 19.1. The molecule has 26 heavy (non-hydrogen) atoms. The Kier molecular flexibility index (Phi) is 5.30. The van der Waals surface area contributed by atoms with Crippen molar-refractivity contribution in [1.82, 2.24) is 0 Å². The van der Waals surface area contributed by atoms with Crippen molar-refractivity contribution in [3.05, 3.63) is 64.7 Å². The van der Waals surface area contributed by atoms with Gasteiger partial charge in [-0.05, 0) is 68.0 Å². The fourth-order valence-electron chi connectivity index (χ4n) is 2.97. The number of carbonyl (C=O) groups excluding carboxylic acids is 2. The fourth-order valence-corrected chi connectivity index (χ4v) is 2.97. The maximum Gasteiger partial charge on any atom is 0.338 e. The number of anilines is 1. The van der Waals surface area contributed by atoms with E-state index in [4.69, 9.17) is 4.74 Å². The summed E-state index contributed by atoms with van der Waals surface area (Å²) < 4.78 is 31.9. The first-order chi connectivity index (χ1) is 12.4. The van der Waals surface area contributed by atoms with Crippen molar-refractivity contribution in [3.8, 4) is 0 Å². The Hall–Kier alpha value is -2.76. The largest absolute Gasteiger partial charge is 0.449 e. The summed E-state index contributed by atoms with van der Waals surface area (Å²) in [5, 5.41) is 2.23. The van der Waals surface area contributed by atoms with Gasteiger partial charge in [-0.15, -0.1) is 0 Å². The van der Waals surface area contributed by atoms with Gasteiger partial charge in [0.15, 0.2) is 6.10 Å². The minimum Gasteiger partial charge on any atom is -0.449 e. The maximum absolute atomic E-state index is 13.6. The van der Waals surface area contributed by atoms with Gasteiger partial charge in [-0.1, -0.05) is 6.07 Å². The van der Waals surface area contributed by atoms with Crippen LogP contribution in [0.4, 0.5) is 14.5 Å². The molecule has 0 saturated heterocycles. The molecule has 0 aliphatic heterocycles. The van der Waals surface area contributed by atoms with E-state index in [1.807, 2.05) is 6.07 Å². The van der Waals surface area contributed by atoms with Crippen molar-refractivity contribution >= 4 is 17.6 Å². The number of hydrogen-bond acceptors (Lipinski definition) is 3. The Bertz CT molecular complexity index is 851. The van der Waals surface area contributed by atoms with E-state index in [1.165, 1.54) is 12.5 Å². The molecule has 1 atom stereocenters. The number of amides is 1. The monoisotopic (exact) mass is 359 g/mol. The van der Waals surface area contributed by atoms with E-state index in [-0.39, 0.29) is 5.69 Å². The number of carbonyl (C=O) groups is 2. The Balaban J connectivity index is 1.65. The predicted octanol–water partition coefficient (Wildman–Crippen LogP) is 4.03. The van der Waals surface area contributed by atoms with Gasteiger partial charge in [0.05, 0.1) is 11.3 Å². The molecule has 3 rings (SSSR count). The average Bonchev–Trinajstić information content (AvgIpc) is 2.64. The second-order valence-electron chi connectivity index (χ2n) is 6.35. The number of halogens is 2. The van der Waals surface area contributed by atoms with E-state index < -0.39 is 29.6 Å². The molecule has 1 N–H and O–H groups in total. The molecule has 1 aliphatic carbocycles. The summed E-state index contributed by atoms with van der Waals surface area (Å²) in [4.78, 5) is 24.4. The van der Waals surface area contributed by atoms with Crippen molar-refractivity contribution in [2.75, 3.05) is 5.32 Å². The number of hydrogen-bond donors (Lipinski definition) is 1. The van der Waals surface area contributed by atoms with Crippen LogP contribution in [0.5, 0.6) is 0 Å². The number of aryl methyl sites for hydroxylation is 2. The lowest BCUT2D eigenvalue weighted by Gasteiger charge is -2.17. The van der Waals surface area contributed by atoms with Crippen LogP contribution in [0.15, 0.2) is 36.4 Å². The van der Waals surface area contributed by atoms with Gasteiger partial charge in [-0.2, -0.15) is 0 Å². The van der Waals surface area contributed by atoms with E-state index in [0.29, 0.717) is 5.56 Å². The van der Waals surface area contributed by atoms with Crippen molar-refractivity contribution in [3.63, 3.8) is 0 Å². The third-order valence-electron chi connectivity index (χ3n) is 4.42. The Morgan fingerprint density at radius 3 is 2.54 bits per heavy atom. The molecule has 6 heteroatoms. The van der Waals surface area contributed by atoms with Crippen LogP contribution in [0.3, 0.4) is 0 Å². The molecule has 1 aliphatic rings. The lowest BCUT2D eigenvalue weighted by molar-refractivity contribution is -0.123. The zero-order valence-electron chi connectivity index (χ0n) is 14.4. The van der Waals surface area contributed by atoms with Crippen molar-refractivity contribution < 1.29 is 23.1 Å². The first-order valence-electron chi connectivity index (χ1n) is 8.53. The average molecular weight is 359 g/mol. The molecule has 0 bridgehead atoms. The molecule has 0 fully saturated rings. The van der Waals surface area contributed by atoms with Crippen LogP contribution in [-0.2, 0) is 22.4 Å². The van der Waals surface area contributed by atoms with Gasteiger partial charge in [0.2, 0.25) is 0 Å². The molecule has 0 radical (unpaired) electrons. The SMILES string of the molecule is C[C@H](OC(=O)c1ccc2c(c1)CCCC2)C(=O)Nc1cc(F)ccc1F. The van der Waals surface area contributed by atoms with E-state index in [9.17, 15) is 18.4 Å². The summed E-state index contributed by atoms with van der Waals surface area (Å²) in [6.07, 6.45) is 3.00.